The van der Waals surface area contributed by atoms with Gasteiger partial charge in [-0.15, -0.1) is 0 Å². The molecule has 1 aliphatic heterocycles. The van der Waals surface area contributed by atoms with Crippen LogP contribution in [0.25, 0.3) is 11.2 Å². The number of hydrogen-bond acceptors (Lipinski definition) is 10. The highest BCUT2D eigenvalue weighted by Crippen LogP contribution is 2.40. The minimum atomic E-state index is -2.48. The molecule has 0 unspecified atom stereocenters. The monoisotopic (exact) mass is 351 g/mol. The van der Waals surface area contributed by atoms with Crippen LogP contribution in [-0.2, 0) is 14.3 Å². The Balaban J connectivity index is 2.10. The van der Waals surface area contributed by atoms with Gasteiger partial charge in [-0.2, -0.15) is 0 Å². The summed E-state index contributed by atoms with van der Waals surface area (Å²) in [5, 5.41) is 31.3. The summed E-state index contributed by atoms with van der Waals surface area (Å²) in [6, 6.07) is 0. The summed E-state index contributed by atoms with van der Waals surface area (Å²) in [7, 11) is 0. The number of nitrogens with zero attached hydrogens (tertiary/aromatic N) is 4. The smallest absolute Gasteiger partial charge is 0.182 e. The Kier molecular flexibility index (Phi) is 4.03. The van der Waals surface area contributed by atoms with Crippen LogP contribution in [0.4, 0.5) is 5.82 Å². The van der Waals surface area contributed by atoms with E-state index in [0.29, 0.717) is 0 Å². The third-order valence-electron chi connectivity index (χ3n) is 4.37. The molecule has 1 fully saturated rings. The van der Waals surface area contributed by atoms with Gasteiger partial charge in [-0.3, -0.25) is 14.2 Å². The molecule has 3 rings (SSSR count). The number of aliphatic hydroxyl groups is 3. The number of carbonyl (C=O) groups excluding carboxylic acids is 2. The fourth-order valence-electron chi connectivity index (χ4n) is 2.92. The topological polar surface area (TPSA) is 174 Å². The number of Topliss-reactive ketones (excluding diaryl/α,β-unsaturated/α-hetero) is 2. The summed E-state index contributed by atoms with van der Waals surface area (Å²) < 4.78 is 6.74. The van der Waals surface area contributed by atoms with Crippen molar-refractivity contribution in [2.45, 2.75) is 44.0 Å². The zero-order valence-corrected chi connectivity index (χ0v) is 13.4. The highest BCUT2D eigenvalue weighted by molar-refractivity contribution is 5.89. The van der Waals surface area contributed by atoms with Crippen molar-refractivity contribution >= 4 is 28.5 Å². The van der Waals surface area contributed by atoms with E-state index < -0.39 is 41.7 Å². The van der Waals surface area contributed by atoms with Crippen molar-refractivity contribution in [2.75, 3.05) is 5.73 Å². The SMILES string of the molecule is CC(=O)[C@@H](O)[C@@H]1O[C@H](n2cnc3c(N)ncnc32)[C@@H](O)[C@]1(O)C(C)=O. The molecular formula is C14H17N5O6. The Morgan fingerprint density at radius 3 is 2.64 bits per heavy atom. The molecule has 11 heteroatoms. The molecule has 0 aliphatic carbocycles. The number of fused-ring (bicyclic) bond motifs is 1. The number of imidazole rings is 1. The summed E-state index contributed by atoms with van der Waals surface area (Å²) in [6.07, 6.45) is -4.14. The Hall–Kier alpha value is -2.47. The van der Waals surface area contributed by atoms with Gasteiger partial charge >= 0.3 is 0 Å². The molecule has 0 saturated carbocycles. The predicted molar refractivity (Wildman–Crippen MR) is 82.0 cm³/mol. The van der Waals surface area contributed by atoms with Gasteiger partial charge in [0.15, 0.2) is 34.9 Å². The van der Waals surface area contributed by atoms with Crippen molar-refractivity contribution in [1.29, 1.82) is 0 Å². The van der Waals surface area contributed by atoms with E-state index in [1.54, 1.807) is 0 Å². The Morgan fingerprint density at radius 2 is 2.04 bits per heavy atom. The fourth-order valence-corrected chi connectivity index (χ4v) is 2.92. The molecule has 11 nitrogen and oxygen atoms in total. The van der Waals surface area contributed by atoms with E-state index in [4.69, 9.17) is 10.5 Å². The zero-order valence-electron chi connectivity index (χ0n) is 13.4. The quantitative estimate of drug-likeness (QED) is 0.479. The van der Waals surface area contributed by atoms with Crippen molar-refractivity contribution in [2.24, 2.45) is 0 Å². The minimum absolute atomic E-state index is 0.0957. The van der Waals surface area contributed by atoms with Crippen LogP contribution in [0.1, 0.15) is 20.1 Å². The Morgan fingerprint density at radius 1 is 1.36 bits per heavy atom. The first kappa shape index (κ1) is 17.4. The van der Waals surface area contributed by atoms with Crippen LogP contribution in [0.15, 0.2) is 12.7 Å². The molecule has 2 aromatic heterocycles. The number of anilines is 1. The number of aromatic nitrogens is 4. The van der Waals surface area contributed by atoms with Gasteiger partial charge in [0.2, 0.25) is 0 Å². The maximum absolute atomic E-state index is 12.0. The highest BCUT2D eigenvalue weighted by atomic mass is 16.6. The lowest BCUT2D eigenvalue weighted by Crippen LogP contribution is -2.58. The molecule has 0 radical (unpaired) electrons. The number of hydrogen-bond donors (Lipinski definition) is 4. The van der Waals surface area contributed by atoms with Gasteiger partial charge < -0.3 is 25.8 Å². The van der Waals surface area contributed by atoms with E-state index in [2.05, 4.69) is 15.0 Å². The molecule has 25 heavy (non-hydrogen) atoms. The molecule has 0 aromatic carbocycles. The number of carbonyl (C=O) groups is 2. The lowest BCUT2D eigenvalue weighted by Gasteiger charge is -2.29. The molecular weight excluding hydrogens is 334 g/mol. The summed E-state index contributed by atoms with van der Waals surface area (Å²) in [4.78, 5) is 35.3. The van der Waals surface area contributed by atoms with Gasteiger partial charge in [-0.1, -0.05) is 0 Å². The number of rotatable bonds is 4. The first-order valence-electron chi connectivity index (χ1n) is 7.38. The highest BCUT2D eigenvalue weighted by Gasteiger charge is 2.62. The van der Waals surface area contributed by atoms with E-state index >= 15 is 0 Å². The fraction of sp³-hybridized carbons (Fsp3) is 0.500. The van der Waals surface area contributed by atoms with Crippen LogP contribution in [0, 0.1) is 0 Å². The average molecular weight is 351 g/mol. The Bertz CT molecular complexity index is 853. The summed E-state index contributed by atoms with van der Waals surface area (Å²) in [6.45, 7) is 2.11. The van der Waals surface area contributed by atoms with Crippen molar-refractivity contribution in [3.8, 4) is 0 Å². The number of ether oxygens (including phenoxy) is 1. The van der Waals surface area contributed by atoms with Crippen molar-refractivity contribution < 1.29 is 29.6 Å². The Labute approximate surface area is 141 Å². The number of aliphatic hydroxyl groups excluding tert-OH is 2. The molecule has 134 valence electrons. The molecule has 0 spiro atoms. The van der Waals surface area contributed by atoms with E-state index in [9.17, 15) is 24.9 Å². The van der Waals surface area contributed by atoms with Gasteiger partial charge in [-0.05, 0) is 13.8 Å². The standard InChI is InChI=1S/C14H17N5O6/c1-5(20)8(22)10-14(24,6(2)21)9(23)13(25-10)19-4-18-7-11(15)16-3-17-12(7)19/h3-4,8-10,13,22-24H,1-2H3,(H2,15,16,17)/t8-,9-,10+,13+,14-/m1/s1. The van der Waals surface area contributed by atoms with Gasteiger partial charge in [0, 0.05) is 0 Å². The zero-order chi connectivity index (χ0) is 18.5. The molecule has 0 amide bonds. The minimum Gasteiger partial charge on any atom is -0.385 e. The maximum atomic E-state index is 12.0. The second-order valence-electron chi connectivity index (χ2n) is 5.91. The molecule has 2 aromatic rings. The summed E-state index contributed by atoms with van der Waals surface area (Å²) in [5.41, 5.74) is 3.65. The number of nitrogen functional groups attached to an aromatic ring is 1. The molecule has 3 heterocycles. The van der Waals surface area contributed by atoms with E-state index in [0.717, 1.165) is 13.8 Å². The first-order valence-corrected chi connectivity index (χ1v) is 7.38. The normalized spacial score (nSPS) is 30.5. The summed E-state index contributed by atoms with van der Waals surface area (Å²) in [5.74, 6) is -1.48. The van der Waals surface area contributed by atoms with Crippen LogP contribution in [-0.4, -0.2) is 70.3 Å². The third-order valence-corrected chi connectivity index (χ3v) is 4.37. The van der Waals surface area contributed by atoms with Crippen LogP contribution in [0.3, 0.4) is 0 Å². The maximum Gasteiger partial charge on any atom is 0.182 e. The van der Waals surface area contributed by atoms with Gasteiger partial charge in [0.1, 0.15) is 30.2 Å². The van der Waals surface area contributed by atoms with Crippen LogP contribution >= 0.6 is 0 Å². The van der Waals surface area contributed by atoms with E-state index in [1.807, 2.05) is 0 Å². The molecule has 0 bridgehead atoms. The third kappa shape index (κ3) is 2.40. The molecule has 1 saturated heterocycles. The van der Waals surface area contributed by atoms with E-state index in [-0.39, 0.29) is 17.0 Å². The first-order chi connectivity index (χ1) is 11.7. The van der Waals surface area contributed by atoms with Gasteiger partial charge in [0.05, 0.1) is 6.33 Å². The molecule has 5 atom stereocenters. The van der Waals surface area contributed by atoms with Crippen LogP contribution in [0.5, 0.6) is 0 Å². The van der Waals surface area contributed by atoms with Crippen LogP contribution in [0.2, 0.25) is 0 Å². The van der Waals surface area contributed by atoms with E-state index in [1.165, 1.54) is 17.2 Å². The second kappa shape index (κ2) is 5.81. The largest absolute Gasteiger partial charge is 0.385 e. The van der Waals surface area contributed by atoms with Crippen molar-refractivity contribution in [3.05, 3.63) is 12.7 Å². The number of ketones is 2. The van der Waals surface area contributed by atoms with Gasteiger partial charge in [-0.25, -0.2) is 15.0 Å². The summed E-state index contributed by atoms with van der Waals surface area (Å²) >= 11 is 0. The van der Waals surface area contributed by atoms with Crippen molar-refractivity contribution in [3.63, 3.8) is 0 Å². The lowest BCUT2D eigenvalue weighted by atomic mass is 9.84. The van der Waals surface area contributed by atoms with Crippen LogP contribution < -0.4 is 5.73 Å². The van der Waals surface area contributed by atoms with Gasteiger partial charge in [0.25, 0.3) is 0 Å². The second-order valence-corrected chi connectivity index (χ2v) is 5.91. The molecule has 5 N–H and O–H groups in total. The number of nitrogens with two attached hydrogens (primary N) is 1. The predicted octanol–water partition coefficient (Wildman–Crippen LogP) is -2.06. The van der Waals surface area contributed by atoms with Crippen molar-refractivity contribution in [1.82, 2.24) is 19.5 Å². The lowest BCUT2D eigenvalue weighted by molar-refractivity contribution is -0.162. The molecule has 1 aliphatic rings. The average Bonchev–Trinajstić information content (AvgIpc) is 3.09.